The van der Waals surface area contributed by atoms with E-state index in [1.165, 1.54) is 19.1 Å². The van der Waals surface area contributed by atoms with Gasteiger partial charge in [-0.05, 0) is 60.2 Å². The van der Waals surface area contributed by atoms with E-state index in [4.69, 9.17) is 28.9 Å². The first kappa shape index (κ1) is 46.3. The molecule has 350 valence electrons. The number of H-pyrrole nitrogens is 1. The minimum atomic E-state index is -0.939. The van der Waals surface area contributed by atoms with Crippen LogP contribution in [0.4, 0.5) is 14.4 Å². The Bertz CT molecular complexity index is 2520. The van der Waals surface area contributed by atoms with Crippen molar-refractivity contribution in [2.24, 2.45) is 15.9 Å². The molecular formula is C49H55N9O9. The van der Waals surface area contributed by atoms with Crippen LogP contribution < -0.4 is 10.6 Å². The van der Waals surface area contributed by atoms with Crippen molar-refractivity contribution < 1.29 is 42.9 Å². The maximum atomic E-state index is 14.3. The molecule has 4 aliphatic heterocycles. The Morgan fingerprint density at radius 2 is 1.60 bits per heavy atom. The zero-order valence-corrected chi connectivity index (χ0v) is 38.0. The second-order valence-corrected chi connectivity index (χ2v) is 17.1. The smallest absolute Gasteiger partial charge is 0.409 e. The Kier molecular flexibility index (Phi) is 14.5. The number of rotatable bonds is 10. The Hall–Kier alpha value is -7.26. The van der Waals surface area contributed by atoms with Crippen molar-refractivity contribution in [3.63, 3.8) is 0 Å². The first-order valence-corrected chi connectivity index (χ1v) is 22.6. The zero-order valence-electron chi connectivity index (χ0n) is 38.0. The number of carbonyl (C=O) groups excluding carboxylic acids is 5. The average molecular weight is 914 g/mol. The van der Waals surface area contributed by atoms with Gasteiger partial charge in [-0.25, -0.2) is 24.4 Å². The van der Waals surface area contributed by atoms with Crippen molar-refractivity contribution in [1.82, 2.24) is 35.3 Å². The maximum Gasteiger partial charge on any atom is 0.409 e. The molecular weight excluding hydrogens is 859 g/mol. The average Bonchev–Trinajstić information content (AvgIpc) is 4.15. The fourth-order valence-electron chi connectivity index (χ4n) is 8.82. The van der Waals surface area contributed by atoms with Crippen molar-refractivity contribution in [3.05, 3.63) is 102 Å². The summed E-state index contributed by atoms with van der Waals surface area (Å²) >= 11 is 0. The molecule has 2 aromatic carbocycles. The lowest BCUT2D eigenvalue weighted by molar-refractivity contribution is -0.139. The third kappa shape index (κ3) is 10.7. The van der Waals surface area contributed by atoms with Crippen LogP contribution in [0.3, 0.4) is 0 Å². The number of amidine groups is 1. The number of carbonyl (C=O) groups is 5. The molecule has 3 unspecified atom stereocenters. The third-order valence-corrected chi connectivity index (χ3v) is 12.5. The predicted octanol–water partition coefficient (Wildman–Crippen LogP) is 5.12. The molecule has 67 heavy (non-hydrogen) atoms. The molecule has 3 fully saturated rings. The number of hydrogen-bond donors (Lipinski definition) is 3. The van der Waals surface area contributed by atoms with Crippen LogP contribution in [-0.2, 0) is 28.5 Å². The molecule has 5 atom stereocenters. The Morgan fingerprint density at radius 3 is 2.33 bits per heavy atom. The van der Waals surface area contributed by atoms with Crippen LogP contribution in [-0.4, -0.2) is 144 Å². The number of alkyl carbamates (subject to hydrolysis) is 2. The molecule has 3 saturated heterocycles. The van der Waals surface area contributed by atoms with Gasteiger partial charge in [-0.3, -0.25) is 14.6 Å². The number of benzene rings is 2. The van der Waals surface area contributed by atoms with Gasteiger partial charge in [0.25, 0.3) is 5.91 Å². The first-order chi connectivity index (χ1) is 32.5. The molecule has 0 saturated carbocycles. The lowest BCUT2D eigenvalue weighted by Crippen LogP contribution is -2.58. The number of nitrogens with zero attached hydrogens (tertiary/aromatic N) is 6. The van der Waals surface area contributed by atoms with E-state index in [9.17, 15) is 24.0 Å². The highest BCUT2D eigenvalue weighted by Crippen LogP contribution is 2.30. The summed E-state index contributed by atoms with van der Waals surface area (Å²) in [4.78, 5) is 88.7. The number of amides is 5. The van der Waals surface area contributed by atoms with Crippen LogP contribution in [0.5, 0.6) is 0 Å². The number of aliphatic imine (C=N–C) groups is 2. The van der Waals surface area contributed by atoms with Crippen molar-refractivity contribution in [3.8, 4) is 23.1 Å². The number of likely N-dealkylation sites (tertiary alicyclic amines) is 1. The lowest BCUT2D eigenvalue weighted by Gasteiger charge is -2.41. The quantitative estimate of drug-likeness (QED) is 0.181. The van der Waals surface area contributed by atoms with Crippen molar-refractivity contribution in [1.29, 1.82) is 0 Å². The highest BCUT2D eigenvalue weighted by atomic mass is 16.6. The van der Waals surface area contributed by atoms with E-state index < -0.39 is 36.4 Å². The molecule has 5 aliphatic rings. The van der Waals surface area contributed by atoms with Gasteiger partial charge >= 0.3 is 18.3 Å². The molecule has 0 bridgehead atoms. The van der Waals surface area contributed by atoms with Crippen molar-refractivity contribution in [2.75, 3.05) is 53.6 Å². The number of methoxy groups -OCH3 is 2. The van der Waals surface area contributed by atoms with E-state index in [-0.39, 0.29) is 55.6 Å². The van der Waals surface area contributed by atoms with Gasteiger partial charge in [0.1, 0.15) is 41.9 Å². The monoisotopic (exact) mass is 913 g/mol. The van der Waals surface area contributed by atoms with Gasteiger partial charge in [0.15, 0.2) is 0 Å². The molecule has 3 aromatic rings. The van der Waals surface area contributed by atoms with Gasteiger partial charge < -0.3 is 49.3 Å². The molecule has 1 aliphatic carbocycles. The topological polar surface area (TPSA) is 209 Å². The first-order valence-electron chi connectivity index (χ1n) is 22.6. The Balaban J connectivity index is 0.931. The molecule has 0 radical (unpaired) electrons. The zero-order chi connectivity index (χ0) is 47.0. The number of nitrogens with one attached hydrogen (secondary N) is 3. The van der Waals surface area contributed by atoms with Crippen molar-refractivity contribution >= 4 is 41.6 Å². The van der Waals surface area contributed by atoms with Gasteiger partial charge in [-0.15, -0.1) is 0 Å². The highest BCUT2D eigenvalue weighted by molar-refractivity contribution is 6.15. The molecule has 8 rings (SSSR count). The normalized spacial score (nSPS) is 21.2. The number of imidazole rings is 1. The number of hydrogen-bond acceptors (Lipinski definition) is 12. The maximum absolute atomic E-state index is 14.3. The van der Waals surface area contributed by atoms with E-state index in [0.717, 1.165) is 28.8 Å². The fraction of sp³-hybridized carbons (Fsp3) is 0.429. The summed E-state index contributed by atoms with van der Waals surface area (Å²) in [7, 11) is 2.55. The number of ether oxygens (including phenoxy) is 4. The van der Waals surface area contributed by atoms with Gasteiger partial charge in [-0.2, -0.15) is 0 Å². The SMILES string of the molecule is COC(=O)N[C@H](C(=O)N1CCN(C(=O)OC)CC1c1ncc(-c2ccc(C#CC3=CC4N=C(C5CCCN5C(=O)[C@H](NC(=O)OC5CCOCC5)c5ccccc5)N=C4C=C3)cc2)[nH]1)C(C)C. The van der Waals surface area contributed by atoms with Crippen LogP contribution in [0.1, 0.15) is 68.6 Å². The van der Waals surface area contributed by atoms with E-state index >= 15 is 0 Å². The number of aromatic nitrogens is 2. The Labute approximate surface area is 388 Å². The number of aromatic amines is 1. The third-order valence-electron chi connectivity index (χ3n) is 12.5. The molecule has 18 nitrogen and oxygen atoms in total. The van der Waals surface area contributed by atoms with E-state index in [1.54, 1.807) is 16.0 Å². The summed E-state index contributed by atoms with van der Waals surface area (Å²) in [5.74, 6) is 6.76. The minimum Gasteiger partial charge on any atom is -0.453 e. The fourth-order valence-corrected chi connectivity index (χ4v) is 8.82. The van der Waals surface area contributed by atoms with E-state index in [2.05, 4.69) is 32.4 Å². The second-order valence-electron chi connectivity index (χ2n) is 17.1. The largest absolute Gasteiger partial charge is 0.453 e. The summed E-state index contributed by atoms with van der Waals surface area (Å²) < 4.78 is 20.8. The van der Waals surface area contributed by atoms with Gasteiger partial charge in [0.05, 0.1) is 57.6 Å². The van der Waals surface area contributed by atoms with Crippen LogP contribution in [0.25, 0.3) is 11.3 Å². The number of fused-ring (bicyclic) bond motifs is 1. The van der Waals surface area contributed by atoms with Gasteiger partial charge in [-0.1, -0.05) is 68.2 Å². The summed E-state index contributed by atoms with van der Waals surface area (Å²) in [6, 6.07) is 13.7. The van der Waals surface area contributed by atoms with Gasteiger partial charge in [0.2, 0.25) is 5.91 Å². The van der Waals surface area contributed by atoms with Crippen LogP contribution in [0.2, 0.25) is 0 Å². The molecule has 0 spiro atoms. The van der Waals surface area contributed by atoms with Crippen molar-refractivity contribution in [2.45, 2.75) is 75.8 Å². The molecule has 1 aromatic heterocycles. The molecule has 5 heterocycles. The summed E-state index contributed by atoms with van der Waals surface area (Å²) in [6.07, 6.45) is 8.04. The summed E-state index contributed by atoms with van der Waals surface area (Å²) in [5, 5.41) is 5.50. The van der Waals surface area contributed by atoms with Crippen LogP contribution >= 0.6 is 0 Å². The minimum absolute atomic E-state index is 0.135. The lowest BCUT2D eigenvalue weighted by atomic mass is 10.0. The van der Waals surface area contributed by atoms with E-state index in [0.29, 0.717) is 61.9 Å². The highest BCUT2D eigenvalue weighted by Gasteiger charge is 2.41. The van der Waals surface area contributed by atoms with Gasteiger partial charge in [0, 0.05) is 43.6 Å². The summed E-state index contributed by atoms with van der Waals surface area (Å²) in [5.41, 5.74) is 4.53. The summed E-state index contributed by atoms with van der Waals surface area (Å²) in [6.45, 7) is 5.82. The van der Waals surface area contributed by atoms with Crippen LogP contribution in [0.15, 0.2) is 94.6 Å². The number of piperazine rings is 1. The molecule has 3 N–H and O–H groups in total. The predicted molar refractivity (Wildman–Crippen MR) is 247 cm³/mol. The standard InChI is InChI=1S/C49H55N9O9/c1-30(2)41(54-47(61)64-3)45(59)58-24-23-56(49(63)65-4)29-40(58)43-50-28-38(53-43)33-17-14-31(15-18-33)12-13-32-16-19-36-37(27-32)52-44(51-36)39-11-8-22-57(39)46(60)42(34-9-6-5-7-10-34)55-48(62)67-35-20-25-66-26-21-35/h5-7,9-10,14-19,27-28,30,35,37,39-42H,8,11,20-26,29H2,1-4H3,(H,50,53)(H,54,61)(H,55,62)/t37?,39?,40?,41-,42+/m0/s1. The molecule has 5 amide bonds. The number of allylic oxidation sites excluding steroid dienone is 2. The van der Waals surface area contributed by atoms with E-state index in [1.807, 2.05) is 86.7 Å². The Morgan fingerprint density at radius 1 is 0.836 bits per heavy atom. The second kappa shape index (κ2) is 20.9. The van der Waals surface area contributed by atoms with Crippen LogP contribution in [0, 0.1) is 17.8 Å². The molecule has 18 heteroatoms.